The highest BCUT2D eigenvalue weighted by Crippen LogP contribution is 2.28. The van der Waals surface area contributed by atoms with E-state index in [4.69, 9.17) is 0 Å². The van der Waals surface area contributed by atoms with Crippen LogP contribution in [0.25, 0.3) is 0 Å². The Hall–Kier alpha value is -0.450. The minimum Gasteiger partial charge on any atom is -0.319 e. The second-order valence-electron chi connectivity index (χ2n) is 4.29. The summed E-state index contributed by atoms with van der Waals surface area (Å²) in [6, 6.07) is 0.541. The van der Waals surface area contributed by atoms with Crippen LogP contribution in [0.1, 0.15) is 24.3 Å². The van der Waals surface area contributed by atoms with Crippen molar-refractivity contribution in [3.05, 3.63) is 16.6 Å². The van der Waals surface area contributed by atoms with Gasteiger partial charge in [-0.25, -0.2) is 0 Å². The molecule has 0 aromatic carbocycles. The van der Waals surface area contributed by atoms with Crippen molar-refractivity contribution in [2.24, 2.45) is 5.92 Å². The maximum Gasteiger partial charge on any atom is 0.0794 e. The van der Waals surface area contributed by atoms with E-state index in [0.29, 0.717) is 6.04 Å². The minimum atomic E-state index is 0.541. The summed E-state index contributed by atoms with van der Waals surface area (Å²) in [5, 5.41) is 3.27. The average molecular weight is 225 g/mol. The van der Waals surface area contributed by atoms with Crippen LogP contribution in [0.5, 0.6) is 0 Å². The molecule has 2 rings (SSSR count). The standard InChI is InChI=1S/C11H19N3S/c1-9(11-6-13-8-15-11)14-4-3-10(7-14)5-12-2/h6,8-10,12H,3-5,7H2,1-2H3. The summed E-state index contributed by atoms with van der Waals surface area (Å²) < 4.78 is 0. The van der Waals surface area contributed by atoms with E-state index < -0.39 is 0 Å². The lowest BCUT2D eigenvalue weighted by molar-refractivity contribution is 0.255. The molecule has 1 N–H and O–H groups in total. The second-order valence-corrected chi connectivity index (χ2v) is 5.21. The van der Waals surface area contributed by atoms with Crippen LogP contribution < -0.4 is 5.32 Å². The molecule has 2 unspecified atom stereocenters. The Morgan fingerprint density at radius 3 is 3.27 bits per heavy atom. The Labute approximate surface area is 95.5 Å². The van der Waals surface area contributed by atoms with E-state index in [2.05, 4.69) is 22.1 Å². The van der Waals surface area contributed by atoms with Crippen LogP contribution in [-0.4, -0.2) is 36.6 Å². The van der Waals surface area contributed by atoms with Crippen molar-refractivity contribution >= 4 is 11.3 Å². The molecule has 2 atom stereocenters. The Morgan fingerprint density at radius 1 is 1.73 bits per heavy atom. The predicted octanol–water partition coefficient (Wildman–Crippen LogP) is 1.75. The minimum absolute atomic E-state index is 0.541. The van der Waals surface area contributed by atoms with Gasteiger partial charge in [0, 0.05) is 23.7 Å². The van der Waals surface area contributed by atoms with Crippen LogP contribution in [0, 0.1) is 5.92 Å². The predicted molar refractivity (Wildman–Crippen MR) is 64.1 cm³/mol. The number of hydrogen-bond donors (Lipinski definition) is 1. The van der Waals surface area contributed by atoms with Gasteiger partial charge in [-0.15, -0.1) is 11.3 Å². The second kappa shape index (κ2) is 5.05. The highest BCUT2D eigenvalue weighted by molar-refractivity contribution is 7.09. The summed E-state index contributed by atoms with van der Waals surface area (Å²) in [6.45, 7) is 5.88. The fraction of sp³-hybridized carbons (Fsp3) is 0.727. The first-order valence-electron chi connectivity index (χ1n) is 5.58. The molecule has 1 aliphatic rings. The van der Waals surface area contributed by atoms with Crippen molar-refractivity contribution < 1.29 is 0 Å². The molecule has 0 amide bonds. The Kier molecular flexibility index (Phi) is 3.72. The zero-order valence-corrected chi connectivity index (χ0v) is 10.3. The van der Waals surface area contributed by atoms with Gasteiger partial charge < -0.3 is 5.32 Å². The van der Waals surface area contributed by atoms with Gasteiger partial charge >= 0.3 is 0 Å². The Morgan fingerprint density at radius 2 is 2.60 bits per heavy atom. The molecule has 0 radical (unpaired) electrons. The SMILES string of the molecule is CNCC1CCN(C(C)c2cncs2)C1. The van der Waals surface area contributed by atoms with E-state index in [0.717, 1.165) is 12.5 Å². The van der Waals surface area contributed by atoms with Gasteiger partial charge in [-0.3, -0.25) is 9.88 Å². The van der Waals surface area contributed by atoms with E-state index in [1.165, 1.54) is 24.4 Å². The van der Waals surface area contributed by atoms with Crippen molar-refractivity contribution in [3.63, 3.8) is 0 Å². The lowest BCUT2D eigenvalue weighted by Crippen LogP contribution is -2.26. The van der Waals surface area contributed by atoms with E-state index >= 15 is 0 Å². The molecule has 1 aromatic heterocycles. The molecule has 1 aliphatic heterocycles. The molecule has 3 nitrogen and oxygen atoms in total. The zero-order chi connectivity index (χ0) is 10.7. The maximum absolute atomic E-state index is 4.15. The number of nitrogens with zero attached hydrogens (tertiary/aromatic N) is 2. The van der Waals surface area contributed by atoms with Crippen LogP contribution in [0.15, 0.2) is 11.7 Å². The summed E-state index contributed by atoms with van der Waals surface area (Å²) in [4.78, 5) is 8.10. The molecular weight excluding hydrogens is 206 g/mol. The van der Waals surface area contributed by atoms with Crippen LogP contribution >= 0.6 is 11.3 Å². The largest absolute Gasteiger partial charge is 0.319 e. The summed E-state index contributed by atoms with van der Waals surface area (Å²) in [6.07, 6.45) is 3.32. The fourth-order valence-electron chi connectivity index (χ4n) is 2.28. The number of aromatic nitrogens is 1. The molecule has 84 valence electrons. The van der Waals surface area contributed by atoms with Crippen molar-refractivity contribution in [2.75, 3.05) is 26.7 Å². The van der Waals surface area contributed by atoms with Crippen molar-refractivity contribution in [1.29, 1.82) is 0 Å². The van der Waals surface area contributed by atoms with Gasteiger partial charge in [0.05, 0.1) is 5.51 Å². The smallest absolute Gasteiger partial charge is 0.0794 e. The molecule has 0 bridgehead atoms. The molecule has 1 aromatic rings. The van der Waals surface area contributed by atoms with Crippen LogP contribution in [-0.2, 0) is 0 Å². The number of likely N-dealkylation sites (tertiary alicyclic amines) is 1. The first kappa shape index (κ1) is 11.0. The first-order valence-corrected chi connectivity index (χ1v) is 6.46. The summed E-state index contributed by atoms with van der Waals surface area (Å²) in [5.41, 5.74) is 1.92. The van der Waals surface area contributed by atoms with E-state index in [9.17, 15) is 0 Å². The van der Waals surface area contributed by atoms with E-state index in [1.807, 2.05) is 18.8 Å². The third-order valence-electron chi connectivity index (χ3n) is 3.22. The number of nitrogens with one attached hydrogen (secondary N) is 1. The van der Waals surface area contributed by atoms with Crippen molar-refractivity contribution in [3.8, 4) is 0 Å². The van der Waals surface area contributed by atoms with E-state index in [1.54, 1.807) is 11.3 Å². The third-order valence-corrected chi connectivity index (χ3v) is 4.17. The van der Waals surface area contributed by atoms with Gasteiger partial charge in [0.2, 0.25) is 0 Å². The van der Waals surface area contributed by atoms with Crippen LogP contribution in [0.3, 0.4) is 0 Å². The number of rotatable bonds is 4. The van der Waals surface area contributed by atoms with Crippen LogP contribution in [0.2, 0.25) is 0 Å². The number of hydrogen-bond acceptors (Lipinski definition) is 4. The van der Waals surface area contributed by atoms with Gasteiger partial charge in [0.1, 0.15) is 0 Å². The average Bonchev–Trinajstić information content (AvgIpc) is 2.87. The highest BCUT2D eigenvalue weighted by atomic mass is 32.1. The molecule has 1 saturated heterocycles. The molecule has 0 saturated carbocycles. The van der Waals surface area contributed by atoms with Gasteiger partial charge in [0.25, 0.3) is 0 Å². The quantitative estimate of drug-likeness (QED) is 0.846. The van der Waals surface area contributed by atoms with Gasteiger partial charge in [-0.2, -0.15) is 0 Å². The molecule has 2 heterocycles. The maximum atomic E-state index is 4.15. The molecule has 15 heavy (non-hydrogen) atoms. The van der Waals surface area contributed by atoms with Gasteiger partial charge in [0.15, 0.2) is 0 Å². The molecule has 0 spiro atoms. The molecule has 4 heteroatoms. The van der Waals surface area contributed by atoms with Gasteiger partial charge in [-0.05, 0) is 39.4 Å². The summed E-state index contributed by atoms with van der Waals surface area (Å²) in [5.74, 6) is 0.824. The molecular formula is C11H19N3S. The molecule has 1 fully saturated rings. The van der Waals surface area contributed by atoms with E-state index in [-0.39, 0.29) is 0 Å². The van der Waals surface area contributed by atoms with Crippen LogP contribution in [0.4, 0.5) is 0 Å². The lowest BCUT2D eigenvalue weighted by Gasteiger charge is -2.22. The van der Waals surface area contributed by atoms with Crippen molar-refractivity contribution in [1.82, 2.24) is 15.2 Å². The first-order chi connectivity index (χ1) is 7.31. The fourth-order valence-corrected chi connectivity index (χ4v) is 2.99. The highest BCUT2D eigenvalue weighted by Gasteiger charge is 2.26. The zero-order valence-electron chi connectivity index (χ0n) is 9.44. The normalized spacial score (nSPS) is 24.5. The summed E-state index contributed by atoms with van der Waals surface area (Å²) >= 11 is 1.76. The summed E-state index contributed by atoms with van der Waals surface area (Å²) in [7, 11) is 2.04. The third kappa shape index (κ3) is 2.56. The number of thiazole rings is 1. The Bertz CT molecular complexity index is 286. The van der Waals surface area contributed by atoms with Gasteiger partial charge in [-0.1, -0.05) is 0 Å². The van der Waals surface area contributed by atoms with Crippen molar-refractivity contribution in [2.45, 2.75) is 19.4 Å². The molecule has 0 aliphatic carbocycles. The Balaban J connectivity index is 1.90. The topological polar surface area (TPSA) is 28.2 Å². The monoisotopic (exact) mass is 225 g/mol. The lowest BCUT2D eigenvalue weighted by atomic mass is 10.1.